The maximum absolute atomic E-state index is 13.3. The highest BCUT2D eigenvalue weighted by Crippen LogP contribution is 2.33. The Hall–Kier alpha value is -2.30. The van der Waals surface area contributed by atoms with E-state index >= 15 is 0 Å². The molecule has 1 aromatic heterocycles. The van der Waals surface area contributed by atoms with Gasteiger partial charge in [0.25, 0.3) is 5.91 Å². The molecule has 1 aliphatic rings. The number of para-hydroxylation sites is 1. The van der Waals surface area contributed by atoms with E-state index in [1.165, 1.54) is 17.4 Å². The normalized spacial score (nSPS) is 15.3. The fraction of sp³-hybridized carbons (Fsp3) is 0.304. The molecule has 0 N–H and O–H groups in total. The van der Waals surface area contributed by atoms with Gasteiger partial charge in [-0.1, -0.05) is 47.2 Å². The quantitative estimate of drug-likeness (QED) is 0.455. The summed E-state index contributed by atoms with van der Waals surface area (Å²) in [6.07, 6.45) is 4.32. The van der Waals surface area contributed by atoms with Crippen molar-refractivity contribution in [1.82, 2.24) is 9.88 Å². The summed E-state index contributed by atoms with van der Waals surface area (Å²) in [7, 11) is -3.45. The molecule has 2 aromatic carbocycles. The van der Waals surface area contributed by atoms with Crippen LogP contribution in [0.3, 0.4) is 0 Å². The second-order valence-electron chi connectivity index (χ2n) is 7.67. The molecule has 1 aliphatic heterocycles. The Morgan fingerprint density at radius 1 is 1.21 bits per heavy atom. The largest absolute Gasteiger partial charge is 0.379 e. The van der Waals surface area contributed by atoms with Crippen LogP contribution in [0.4, 0.5) is 5.13 Å². The van der Waals surface area contributed by atoms with Crippen LogP contribution in [0.5, 0.6) is 0 Å². The summed E-state index contributed by atoms with van der Waals surface area (Å²) in [5.41, 5.74) is 1.13. The predicted octanol–water partition coefficient (Wildman–Crippen LogP) is 3.73. The number of hydrogen-bond acceptors (Lipinski definition) is 7. The van der Waals surface area contributed by atoms with Crippen LogP contribution in [0.1, 0.15) is 5.56 Å². The van der Waals surface area contributed by atoms with Crippen molar-refractivity contribution in [3.05, 3.63) is 59.1 Å². The lowest BCUT2D eigenvalue weighted by atomic mass is 10.2. The molecule has 0 aliphatic carbocycles. The molecule has 33 heavy (non-hydrogen) atoms. The van der Waals surface area contributed by atoms with Crippen LogP contribution in [-0.4, -0.2) is 69.9 Å². The van der Waals surface area contributed by atoms with Crippen LogP contribution in [0.2, 0.25) is 5.02 Å². The third-order valence-electron chi connectivity index (χ3n) is 5.32. The van der Waals surface area contributed by atoms with Crippen LogP contribution in [-0.2, 0) is 19.4 Å². The molecule has 3 aromatic rings. The van der Waals surface area contributed by atoms with Gasteiger partial charge in [-0.25, -0.2) is 13.4 Å². The minimum atomic E-state index is -3.45. The number of halogens is 1. The average molecular weight is 506 g/mol. The van der Waals surface area contributed by atoms with E-state index < -0.39 is 9.84 Å². The van der Waals surface area contributed by atoms with E-state index in [1.54, 1.807) is 29.2 Å². The number of amides is 1. The highest BCUT2D eigenvalue weighted by molar-refractivity contribution is 7.91. The third-order valence-corrected chi connectivity index (χ3v) is 7.84. The number of rotatable bonds is 7. The van der Waals surface area contributed by atoms with Crippen molar-refractivity contribution in [3.8, 4) is 0 Å². The zero-order valence-electron chi connectivity index (χ0n) is 18.1. The molecule has 0 radical (unpaired) electrons. The summed E-state index contributed by atoms with van der Waals surface area (Å²) in [4.78, 5) is 21.8. The van der Waals surface area contributed by atoms with Gasteiger partial charge in [-0.2, -0.15) is 0 Å². The van der Waals surface area contributed by atoms with Gasteiger partial charge in [-0.15, -0.1) is 0 Å². The Bertz CT molecular complexity index is 1280. The van der Waals surface area contributed by atoms with Crippen molar-refractivity contribution < 1.29 is 17.9 Å². The van der Waals surface area contributed by atoms with Gasteiger partial charge in [-0.3, -0.25) is 14.6 Å². The number of nitrogens with zero attached hydrogens (tertiary/aromatic N) is 3. The molecule has 1 amide bonds. The molecular weight excluding hydrogens is 482 g/mol. The second-order valence-corrected chi connectivity index (χ2v) is 11.1. The Labute approximate surface area is 202 Å². The van der Waals surface area contributed by atoms with Crippen molar-refractivity contribution in [1.29, 1.82) is 0 Å². The van der Waals surface area contributed by atoms with Crippen molar-refractivity contribution in [2.24, 2.45) is 0 Å². The molecule has 174 valence electrons. The second kappa shape index (κ2) is 10.3. The Kier molecular flexibility index (Phi) is 7.45. The molecule has 0 saturated carbocycles. The molecule has 2 heterocycles. The first-order valence-corrected chi connectivity index (χ1v) is 13.6. The Morgan fingerprint density at radius 3 is 2.70 bits per heavy atom. The molecule has 0 atom stereocenters. The number of anilines is 1. The molecule has 4 rings (SSSR count). The molecular formula is C23H24ClN3O4S2. The smallest absolute Gasteiger partial charge is 0.252 e. The number of fused-ring (bicyclic) bond motifs is 1. The van der Waals surface area contributed by atoms with Crippen molar-refractivity contribution in [3.63, 3.8) is 0 Å². The van der Waals surface area contributed by atoms with E-state index in [-0.39, 0.29) is 10.8 Å². The zero-order valence-corrected chi connectivity index (χ0v) is 20.5. The third kappa shape index (κ3) is 5.80. The Balaban J connectivity index is 1.66. The summed E-state index contributed by atoms with van der Waals surface area (Å²) in [6, 6.07) is 12.3. The summed E-state index contributed by atoms with van der Waals surface area (Å²) >= 11 is 7.52. The van der Waals surface area contributed by atoms with E-state index in [4.69, 9.17) is 16.3 Å². The van der Waals surface area contributed by atoms with Gasteiger partial charge in [0.1, 0.15) is 5.52 Å². The van der Waals surface area contributed by atoms with Crippen LogP contribution in [0, 0.1) is 0 Å². The summed E-state index contributed by atoms with van der Waals surface area (Å²) in [6.45, 7) is 4.01. The minimum Gasteiger partial charge on any atom is -0.379 e. The van der Waals surface area contributed by atoms with Crippen LogP contribution >= 0.6 is 22.9 Å². The first-order valence-electron chi connectivity index (χ1n) is 10.5. The van der Waals surface area contributed by atoms with Crippen molar-refractivity contribution in [2.75, 3.05) is 50.5 Å². The number of sulfone groups is 1. The number of ether oxygens (including phenoxy) is 1. The van der Waals surface area contributed by atoms with Crippen LogP contribution in [0.25, 0.3) is 16.3 Å². The van der Waals surface area contributed by atoms with Gasteiger partial charge in [0.05, 0.1) is 22.8 Å². The average Bonchev–Trinajstić information content (AvgIpc) is 3.22. The molecule has 10 heteroatoms. The van der Waals surface area contributed by atoms with Crippen LogP contribution < -0.4 is 4.90 Å². The number of benzene rings is 2. The number of morpholine rings is 1. The SMILES string of the molecule is CS(=O)(=O)c1cccc2sc(N(CCN3CCOCC3)C(=O)C=Cc3ccccc3Cl)nc12. The number of hydrogen-bond donors (Lipinski definition) is 0. The maximum Gasteiger partial charge on any atom is 0.252 e. The molecule has 0 unspecified atom stereocenters. The minimum absolute atomic E-state index is 0.162. The summed E-state index contributed by atoms with van der Waals surface area (Å²) in [5.74, 6) is -0.247. The van der Waals surface area contributed by atoms with E-state index in [9.17, 15) is 13.2 Å². The van der Waals surface area contributed by atoms with Gasteiger partial charge < -0.3 is 4.74 Å². The molecule has 1 saturated heterocycles. The van der Waals surface area contributed by atoms with E-state index in [1.807, 2.05) is 24.3 Å². The first kappa shape index (κ1) is 23.8. The number of thiazole rings is 1. The monoisotopic (exact) mass is 505 g/mol. The Morgan fingerprint density at radius 2 is 1.97 bits per heavy atom. The van der Waals surface area contributed by atoms with Gasteiger partial charge >= 0.3 is 0 Å². The molecule has 1 fully saturated rings. The summed E-state index contributed by atoms with van der Waals surface area (Å²) < 4.78 is 30.6. The van der Waals surface area contributed by atoms with Gasteiger partial charge in [0, 0.05) is 43.5 Å². The predicted molar refractivity (Wildman–Crippen MR) is 133 cm³/mol. The lowest BCUT2D eigenvalue weighted by Crippen LogP contribution is -2.42. The lowest BCUT2D eigenvalue weighted by Gasteiger charge is -2.28. The lowest BCUT2D eigenvalue weighted by molar-refractivity contribution is -0.114. The fourth-order valence-corrected chi connectivity index (χ4v) is 5.67. The summed E-state index contributed by atoms with van der Waals surface area (Å²) in [5, 5.41) is 1.02. The van der Waals surface area contributed by atoms with Gasteiger partial charge in [-0.05, 0) is 29.8 Å². The zero-order chi connectivity index (χ0) is 23.4. The van der Waals surface area contributed by atoms with Gasteiger partial charge in [0.15, 0.2) is 15.0 Å². The number of carbonyl (C=O) groups is 1. The number of carbonyl (C=O) groups excluding carboxylic acids is 1. The highest BCUT2D eigenvalue weighted by atomic mass is 35.5. The number of aromatic nitrogens is 1. The fourth-order valence-electron chi connectivity index (χ4n) is 3.55. The van der Waals surface area contributed by atoms with Crippen LogP contribution in [0.15, 0.2) is 53.4 Å². The standard InChI is InChI=1S/C23H24ClN3O4S2/c1-33(29,30)20-8-4-7-19-22(20)25-23(32-19)27(12-11-26-13-15-31-16-14-26)21(28)10-9-17-5-2-3-6-18(17)24/h2-10H,11-16H2,1H3. The van der Waals surface area contributed by atoms with Crippen molar-refractivity contribution in [2.45, 2.75) is 4.90 Å². The first-order chi connectivity index (χ1) is 15.8. The topological polar surface area (TPSA) is 79.8 Å². The highest BCUT2D eigenvalue weighted by Gasteiger charge is 2.22. The molecule has 0 bridgehead atoms. The molecule has 7 nitrogen and oxygen atoms in total. The van der Waals surface area contributed by atoms with E-state index in [0.29, 0.717) is 46.7 Å². The van der Waals surface area contributed by atoms with E-state index in [0.717, 1.165) is 24.9 Å². The maximum atomic E-state index is 13.3. The molecule has 0 spiro atoms. The van der Waals surface area contributed by atoms with E-state index in [2.05, 4.69) is 9.88 Å². The van der Waals surface area contributed by atoms with Gasteiger partial charge in [0.2, 0.25) is 0 Å². The van der Waals surface area contributed by atoms with Crippen molar-refractivity contribution >= 4 is 60.1 Å².